The first-order chi connectivity index (χ1) is 10.1. The molecule has 0 bridgehead atoms. The van der Waals surface area contributed by atoms with Crippen LogP contribution in [0.3, 0.4) is 0 Å². The molecule has 0 fully saturated rings. The van der Waals surface area contributed by atoms with Crippen molar-refractivity contribution < 1.29 is 0 Å². The molecule has 0 amide bonds. The van der Waals surface area contributed by atoms with Crippen LogP contribution in [0.5, 0.6) is 0 Å². The van der Waals surface area contributed by atoms with Gasteiger partial charge in [-0.2, -0.15) is 0 Å². The van der Waals surface area contributed by atoms with E-state index in [0.717, 1.165) is 17.7 Å². The summed E-state index contributed by atoms with van der Waals surface area (Å²) in [5, 5.41) is 0. The summed E-state index contributed by atoms with van der Waals surface area (Å²) in [6, 6.07) is 15.1. The number of hydrogen-bond donors (Lipinski definition) is 1. The van der Waals surface area contributed by atoms with Crippen molar-refractivity contribution in [2.75, 3.05) is 25.0 Å². The van der Waals surface area contributed by atoms with Crippen LogP contribution in [0.25, 0.3) is 16.7 Å². The molecule has 0 aromatic heterocycles. The van der Waals surface area contributed by atoms with Gasteiger partial charge in [0.2, 0.25) is 0 Å². The van der Waals surface area contributed by atoms with E-state index in [1.165, 1.54) is 22.4 Å². The minimum Gasteiger partial charge on any atom is -0.374 e. The fraction of sp³-hybridized carbons (Fsp3) is 0.263. The highest BCUT2D eigenvalue weighted by Gasteiger charge is 2.09. The second-order valence-electron chi connectivity index (χ2n) is 5.42. The molecule has 0 saturated heterocycles. The first kappa shape index (κ1) is 15.3. The fourth-order valence-corrected chi connectivity index (χ4v) is 2.41. The SMILES string of the molecule is C=C(CN)c1cccc(-c2cc(C)ccc2N(C)CC)c1. The molecule has 0 heterocycles. The van der Waals surface area contributed by atoms with Crippen LogP contribution in [0.2, 0.25) is 0 Å². The van der Waals surface area contributed by atoms with Crippen molar-refractivity contribution in [3.05, 3.63) is 60.2 Å². The van der Waals surface area contributed by atoms with E-state index >= 15 is 0 Å². The molecular formula is C19H24N2. The number of benzene rings is 2. The molecule has 0 atom stereocenters. The van der Waals surface area contributed by atoms with Gasteiger partial charge in [0, 0.05) is 31.4 Å². The van der Waals surface area contributed by atoms with Crippen LogP contribution >= 0.6 is 0 Å². The Labute approximate surface area is 127 Å². The van der Waals surface area contributed by atoms with E-state index in [-0.39, 0.29) is 0 Å². The molecule has 0 saturated carbocycles. The van der Waals surface area contributed by atoms with Crippen molar-refractivity contribution in [1.29, 1.82) is 0 Å². The summed E-state index contributed by atoms with van der Waals surface area (Å²) >= 11 is 0. The third kappa shape index (κ3) is 3.34. The quantitative estimate of drug-likeness (QED) is 0.893. The molecule has 2 aromatic carbocycles. The second kappa shape index (κ2) is 6.59. The van der Waals surface area contributed by atoms with Gasteiger partial charge < -0.3 is 10.6 Å². The Balaban J connectivity index is 2.55. The van der Waals surface area contributed by atoms with Crippen LogP contribution in [0, 0.1) is 6.92 Å². The van der Waals surface area contributed by atoms with Crippen LogP contribution in [0.15, 0.2) is 49.0 Å². The summed E-state index contributed by atoms with van der Waals surface area (Å²) in [4.78, 5) is 2.26. The topological polar surface area (TPSA) is 29.3 Å². The van der Waals surface area contributed by atoms with Crippen molar-refractivity contribution in [1.82, 2.24) is 0 Å². The molecule has 0 unspecified atom stereocenters. The maximum absolute atomic E-state index is 5.71. The molecule has 0 spiro atoms. The number of aryl methyl sites for hydroxylation is 1. The predicted octanol–water partition coefficient (Wildman–Crippen LogP) is 4.09. The summed E-state index contributed by atoms with van der Waals surface area (Å²) in [6.45, 7) is 9.79. The lowest BCUT2D eigenvalue weighted by atomic mass is 9.97. The highest BCUT2D eigenvalue weighted by atomic mass is 15.1. The molecule has 21 heavy (non-hydrogen) atoms. The van der Waals surface area contributed by atoms with Gasteiger partial charge in [-0.05, 0) is 48.7 Å². The standard InChI is InChI=1S/C19H24N2/c1-5-21(4)19-10-9-14(2)11-18(19)17-8-6-7-16(12-17)15(3)13-20/h6-12H,3,5,13,20H2,1-2,4H3. The molecule has 2 heteroatoms. The lowest BCUT2D eigenvalue weighted by Crippen LogP contribution is -2.16. The van der Waals surface area contributed by atoms with Gasteiger partial charge >= 0.3 is 0 Å². The molecule has 0 aliphatic rings. The molecule has 2 aromatic rings. The first-order valence-electron chi connectivity index (χ1n) is 7.37. The Kier molecular flexibility index (Phi) is 4.81. The van der Waals surface area contributed by atoms with Gasteiger partial charge in [-0.15, -0.1) is 0 Å². The maximum atomic E-state index is 5.71. The van der Waals surface area contributed by atoms with Gasteiger partial charge in [-0.3, -0.25) is 0 Å². The highest BCUT2D eigenvalue weighted by Crippen LogP contribution is 2.32. The number of hydrogen-bond acceptors (Lipinski definition) is 2. The van der Waals surface area contributed by atoms with Gasteiger partial charge in [0.15, 0.2) is 0 Å². The lowest BCUT2D eigenvalue weighted by molar-refractivity contribution is 0.969. The minimum atomic E-state index is 0.485. The zero-order valence-electron chi connectivity index (χ0n) is 13.2. The molecule has 0 aliphatic heterocycles. The van der Waals surface area contributed by atoms with Crippen LogP contribution in [-0.4, -0.2) is 20.1 Å². The molecule has 0 radical (unpaired) electrons. The fourth-order valence-electron chi connectivity index (χ4n) is 2.41. The molecule has 2 nitrogen and oxygen atoms in total. The summed E-state index contributed by atoms with van der Waals surface area (Å²) < 4.78 is 0. The second-order valence-corrected chi connectivity index (χ2v) is 5.42. The predicted molar refractivity (Wildman–Crippen MR) is 93.6 cm³/mol. The smallest absolute Gasteiger partial charge is 0.0443 e. The van der Waals surface area contributed by atoms with Gasteiger partial charge in [-0.25, -0.2) is 0 Å². The van der Waals surface area contributed by atoms with Gasteiger partial charge in [-0.1, -0.05) is 36.4 Å². The zero-order valence-corrected chi connectivity index (χ0v) is 13.2. The van der Waals surface area contributed by atoms with Crippen molar-refractivity contribution >= 4 is 11.3 Å². The van der Waals surface area contributed by atoms with E-state index in [2.05, 4.69) is 74.8 Å². The van der Waals surface area contributed by atoms with Crippen LogP contribution in [0.4, 0.5) is 5.69 Å². The third-order valence-corrected chi connectivity index (χ3v) is 3.87. The lowest BCUT2D eigenvalue weighted by Gasteiger charge is -2.22. The molecule has 0 aliphatic carbocycles. The Bertz CT molecular complexity index is 644. The third-order valence-electron chi connectivity index (χ3n) is 3.87. The van der Waals surface area contributed by atoms with Crippen molar-refractivity contribution in [2.24, 2.45) is 5.73 Å². The van der Waals surface area contributed by atoms with Crippen molar-refractivity contribution in [3.8, 4) is 11.1 Å². The van der Waals surface area contributed by atoms with E-state index in [1.807, 2.05) is 0 Å². The molecule has 2 rings (SSSR count). The largest absolute Gasteiger partial charge is 0.374 e. The Morgan fingerprint density at radius 1 is 1.19 bits per heavy atom. The van der Waals surface area contributed by atoms with Crippen molar-refractivity contribution in [3.63, 3.8) is 0 Å². The Morgan fingerprint density at radius 3 is 2.62 bits per heavy atom. The van der Waals surface area contributed by atoms with Crippen molar-refractivity contribution in [2.45, 2.75) is 13.8 Å². The average molecular weight is 280 g/mol. The molecule has 2 N–H and O–H groups in total. The summed E-state index contributed by atoms with van der Waals surface area (Å²) in [7, 11) is 2.12. The Hall–Kier alpha value is -2.06. The highest BCUT2D eigenvalue weighted by molar-refractivity contribution is 5.81. The van der Waals surface area contributed by atoms with E-state index in [0.29, 0.717) is 6.54 Å². The van der Waals surface area contributed by atoms with E-state index in [4.69, 9.17) is 5.73 Å². The molecule has 110 valence electrons. The number of anilines is 1. The van der Waals surface area contributed by atoms with Gasteiger partial charge in [0.05, 0.1) is 0 Å². The zero-order chi connectivity index (χ0) is 15.4. The molecular weight excluding hydrogens is 256 g/mol. The number of nitrogens with zero attached hydrogens (tertiary/aromatic N) is 1. The average Bonchev–Trinajstić information content (AvgIpc) is 2.53. The summed E-state index contributed by atoms with van der Waals surface area (Å²) in [5.74, 6) is 0. The number of rotatable bonds is 5. The summed E-state index contributed by atoms with van der Waals surface area (Å²) in [5.41, 5.74) is 12.8. The normalized spacial score (nSPS) is 10.5. The van der Waals surface area contributed by atoms with Crippen LogP contribution < -0.4 is 10.6 Å². The number of nitrogens with two attached hydrogens (primary N) is 1. The summed E-state index contributed by atoms with van der Waals surface area (Å²) in [6.07, 6.45) is 0. The minimum absolute atomic E-state index is 0.485. The Morgan fingerprint density at radius 2 is 1.95 bits per heavy atom. The van der Waals surface area contributed by atoms with E-state index in [9.17, 15) is 0 Å². The first-order valence-corrected chi connectivity index (χ1v) is 7.37. The van der Waals surface area contributed by atoms with Crippen LogP contribution in [0.1, 0.15) is 18.1 Å². The van der Waals surface area contributed by atoms with Crippen LogP contribution in [-0.2, 0) is 0 Å². The maximum Gasteiger partial charge on any atom is 0.0443 e. The monoisotopic (exact) mass is 280 g/mol. The van der Waals surface area contributed by atoms with Gasteiger partial charge in [0.25, 0.3) is 0 Å². The van der Waals surface area contributed by atoms with Gasteiger partial charge in [0.1, 0.15) is 0 Å². The van der Waals surface area contributed by atoms with E-state index < -0.39 is 0 Å². The van der Waals surface area contributed by atoms with E-state index in [1.54, 1.807) is 0 Å².